The van der Waals surface area contributed by atoms with E-state index in [9.17, 15) is 8.42 Å². The van der Waals surface area contributed by atoms with Gasteiger partial charge in [-0.15, -0.1) is 0 Å². The smallest absolute Gasteiger partial charge is 0.240 e. The van der Waals surface area contributed by atoms with Gasteiger partial charge in [-0.05, 0) is 55.5 Å². The monoisotopic (exact) mass is 455 g/mol. The van der Waals surface area contributed by atoms with Gasteiger partial charge in [0, 0.05) is 38.4 Å². The summed E-state index contributed by atoms with van der Waals surface area (Å²) in [5.74, 6) is 1.60. The molecule has 1 aliphatic rings. The molecule has 0 saturated carbocycles. The number of sulfonamides is 1. The van der Waals surface area contributed by atoms with Crippen LogP contribution in [0.1, 0.15) is 17.4 Å². The predicted molar refractivity (Wildman–Crippen MR) is 125 cm³/mol. The van der Waals surface area contributed by atoms with Crippen LogP contribution in [0.3, 0.4) is 0 Å². The summed E-state index contributed by atoms with van der Waals surface area (Å²) in [6.07, 6.45) is 1.63. The first-order valence-electron chi connectivity index (χ1n) is 10.7. The third-order valence-electron chi connectivity index (χ3n) is 5.86. The van der Waals surface area contributed by atoms with Gasteiger partial charge in [-0.25, -0.2) is 13.1 Å². The summed E-state index contributed by atoms with van der Waals surface area (Å²) in [4.78, 5) is 4.87. The quantitative estimate of drug-likeness (QED) is 0.561. The highest BCUT2D eigenvalue weighted by Crippen LogP contribution is 2.26. The van der Waals surface area contributed by atoms with Crippen LogP contribution in [0.4, 0.5) is 5.69 Å². The van der Waals surface area contributed by atoms with Crippen molar-refractivity contribution in [1.82, 2.24) is 9.62 Å². The van der Waals surface area contributed by atoms with Crippen molar-refractivity contribution >= 4 is 15.7 Å². The van der Waals surface area contributed by atoms with Crippen molar-refractivity contribution < 1.29 is 17.6 Å². The molecular formula is C24H29N3O4S. The molecule has 0 aliphatic carbocycles. The number of ether oxygens (including phenoxy) is 1. The molecule has 8 heteroatoms. The number of aryl methyl sites for hydroxylation is 1. The maximum Gasteiger partial charge on any atom is 0.240 e. The molecule has 1 aromatic heterocycles. The molecule has 0 radical (unpaired) electrons. The van der Waals surface area contributed by atoms with Crippen LogP contribution in [0.5, 0.6) is 5.75 Å². The average Bonchev–Trinajstić information content (AvgIpc) is 3.35. The molecule has 2 aromatic carbocycles. The lowest BCUT2D eigenvalue weighted by atomic mass is 10.1. The number of hydrogen-bond acceptors (Lipinski definition) is 6. The molecule has 4 rings (SSSR count). The van der Waals surface area contributed by atoms with Crippen molar-refractivity contribution in [3.05, 3.63) is 78.3 Å². The number of anilines is 1. The van der Waals surface area contributed by atoms with Crippen molar-refractivity contribution in [3.63, 3.8) is 0 Å². The first-order valence-corrected chi connectivity index (χ1v) is 12.2. The van der Waals surface area contributed by atoms with Crippen molar-refractivity contribution in [3.8, 4) is 5.75 Å². The zero-order valence-corrected chi connectivity index (χ0v) is 19.2. The van der Waals surface area contributed by atoms with Gasteiger partial charge in [0.2, 0.25) is 10.0 Å². The van der Waals surface area contributed by atoms with Crippen LogP contribution in [-0.2, 0) is 10.0 Å². The maximum atomic E-state index is 12.8. The normalized spacial score (nSPS) is 16.1. The van der Waals surface area contributed by atoms with Gasteiger partial charge in [-0.2, -0.15) is 0 Å². The minimum atomic E-state index is -3.60. The highest BCUT2D eigenvalue weighted by molar-refractivity contribution is 7.89. The molecule has 170 valence electrons. The van der Waals surface area contributed by atoms with Crippen LogP contribution in [0, 0.1) is 6.92 Å². The van der Waals surface area contributed by atoms with Crippen LogP contribution < -0.4 is 14.4 Å². The van der Waals surface area contributed by atoms with E-state index >= 15 is 0 Å². The van der Waals surface area contributed by atoms with E-state index in [0.29, 0.717) is 0 Å². The SMILES string of the molecule is COc1ccc(N2CCN([C@H](CNS(=O)(=O)c3ccc(C)cc3)c3ccco3)CC2)cc1. The summed E-state index contributed by atoms with van der Waals surface area (Å²) in [5, 5.41) is 0. The second kappa shape index (κ2) is 9.77. The lowest BCUT2D eigenvalue weighted by molar-refractivity contribution is 0.166. The standard InChI is InChI=1S/C24H29N3O4S/c1-19-5-11-22(12-6-19)32(28,29)25-18-23(24-4-3-17-31-24)27-15-13-26(14-16-27)20-7-9-21(30-2)10-8-20/h3-12,17,23,25H,13-16,18H2,1-2H3/t23-/m1/s1. The van der Waals surface area contributed by atoms with Gasteiger partial charge in [0.15, 0.2) is 0 Å². The predicted octanol–water partition coefficient (Wildman–Crippen LogP) is 3.44. The molecule has 1 saturated heterocycles. The fourth-order valence-corrected chi connectivity index (χ4v) is 5.00. The fraction of sp³-hybridized carbons (Fsp3) is 0.333. The molecule has 0 unspecified atom stereocenters. The highest BCUT2D eigenvalue weighted by Gasteiger charge is 2.28. The Labute approximate surface area is 189 Å². The summed E-state index contributed by atoms with van der Waals surface area (Å²) in [6.45, 7) is 5.45. The van der Waals surface area contributed by atoms with Crippen molar-refractivity contribution in [2.24, 2.45) is 0 Å². The van der Waals surface area contributed by atoms with E-state index in [2.05, 4.69) is 26.7 Å². The Morgan fingerprint density at radius 1 is 1.00 bits per heavy atom. The van der Waals surface area contributed by atoms with Gasteiger partial charge in [0.1, 0.15) is 11.5 Å². The molecule has 7 nitrogen and oxygen atoms in total. The molecule has 0 bridgehead atoms. The molecule has 3 aromatic rings. The maximum absolute atomic E-state index is 12.8. The van der Waals surface area contributed by atoms with Gasteiger partial charge in [0.05, 0.1) is 24.3 Å². The molecule has 1 fully saturated rings. The Hall–Kier alpha value is -2.81. The van der Waals surface area contributed by atoms with Crippen molar-refractivity contribution in [2.45, 2.75) is 17.9 Å². The topological polar surface area (TPSA) is 75.0 Å². The molecular weight excluding hydrogens is 426 g/mol. The van der Waals surface area contributed by atoms with Gasteiger partial charge in [-0.3, -0.25) is 4.90 Å². The van der Waals surface area contributed by atoms with Crippen molar-refractivity contribution in [1.29, 1.82) is 0 Å². The second-order valence-electron chi connectivity index (χ2n) is 7.92. The molecule has 0 spiro atoms. The molecule has 2 heterocycles. The first-order chi connectivity index (χ1) is 15.5. The summed E-state index contributed by atoms with van der Waals surface area (Å²) >= 11 is 0. The number of hydrogen-bond donors (Lipinski definition) is 1. The lowest BCUT2D eigenvalue weighted by Crippen LogP contribution is -2.49. The Balaban J connectivity index is 1.43. The summed E-state index contributed by atoms with van der Waals surface area (Å²) in [6, 6.07) is 18.5. The van der Waals surface area contributed by atoms with Gasteiger partial charge < -0.3 is 14.1 Å². The van der Waals surface area contributed by atoms with E-state index in [1.54, 1.807) is 37.6 Å². The third kappa shape index (κ3) is 5.15. The molecule has 1 aliphatic heterocycles. The van der Waals surface area contributed by atoms with Crippen LogP contribution in [0.15, 0.2) is 76.2 Å². The van der Waals surface area contributed by atoms with E-state index in [0.717, 1.165) is 48.9 Å². The third-order valence-corrected chi connectivity index (χ3v) is 7.30. The van der Waals surface area contributed by atoms with Crippen LogP contribution in [-0.4, -0.2) is 53.2 Å². The number of furan rings is 1. The van der Waals surface area contributed by atoms with E-state index in [4.69, 9.17) is 9.15 Å². The van der Waals surface area contributed by atoms with Crippen LogP contribution in [0.2, 0.25) is 0 Å². The van der Waals surface area contributed by atoms with E-state index in [1.165, 1.54) is 0 Å². The number of methoxy groups -OCH3 is 1. The lowest BCUT2D eigenvalue weighted by Gasteiger charge is -2.39. The summed E-state index contributed by atoms with van der Waals surface area (Å²) in [7, 11) is -1.94. The Bertz CT molecular complexity index is 1090. The Morgan fingerprint density at radius 3 is 2.28 bits per heavy atom. The first kappa shape index (κ1) is 22.4. The molecule has 32 heavy (non-hydrogen) atoms. The number of piperazine rings is 1. The number of nitrogens with zero attached hydrogens (tertiary/aromatic N) is 2. The molecule has 1 N–H and O–H groups in total. The second-order valence-corrected chi connectivity index (χ2v) is 9.68. The minimum Gasteiger partial charge on any atom is -0.497 e. The zero-order valence-electron chi connectivity index (χ0n) is 18.4. The molecule has 1 atom stereocenters. The van der Waals surface area contributed by atoms with Gasteiger partial charge in [-0.1, -0.05) is 17.7 Å². The molecule has 0 amide bonds. The van der Waals surface area contributed by atoms with Crippen LogP contribution in [0.25, 0.3) is 0 Å². The van der Waals surface area contributed by atoms with Gasteiger partial charge >= 0.3 is 0 Å². The van der Waals surface area contributed by atoms with Gasteiger partial charge in [0.25, 0.3) is 0 Å². The average molecular weight is 456 g/mol. The minimum absolute atomic E-state index is 0.178. The van der Waals surface area contributed by atoms with Crippen molar-refractivity contribution in [2.75, 3.05) is 44.7 Å². The van der Waals surface area contributed by atoms with Crippen LogP contribution >= 0.6 is 0 Å². The number of benzene rings is 2. The Kier molecular flexibility index (Phi) is 6.83. The van der Waals surface area contributed by atoms with E-state index in [-0.39, 0.29) is 17.5 Å². The Morgan fingerprint density at radius 2 is 1.69 bits per heavy atom. The van der Waals surface area contributed by atoms with E-state index < -0.39 is 10.0 Å². The summed E-state index contributed by atoms with van der Waals surface area (Å²) < 4.78 is 39.3. The van der Waals surface area contributed by atoms with E-state index in [1.807, 2.05) is 31.2 Å². The fourth-order valence-electron chi connectivity index (χ4n) is 3.96. The number of rotatable bonds is 8. The zero-order chi connectivity index (χ0) is 22.6. The summed E-state index contributed by atoms with van der Waals surface area (Å²) in [5.41, 5.74) is 2.17. The number of nitrogens with one attached hydrogen (secondary N) is 1. The highest BCUT2D eigenvalue weighted by atomic mass is 32.2. The largest absolute Gasteiger partial charge is 0.497 e.